The van der Waals surface area contributed by atoms with Crippen molar-refractivity contribution >= 4 is 5.52 Å². The van der Waals surface area contributed by atoms with Crippen molar-refractivity contribution in [1.82, 2.24) is 19.9 Å². The average molecular weight is 244 g/mol. The van der Waals surface area contributed by atoms with Gasteiger partial charge in [-0.1, -0.05) is 12.5 Å². The molecule has 4 heteroatoms. The largest absolute Gasteiger partial charge is 0.310 e. The van der Waals surface area contributed by atoms with Crippen molar-refractivity contribution in [3.05, 3.63) is 42.5 Å². The number of aromatic nitrogens is 3. The van der Waals surface area contributed by atoms with Gasteiger partial charge in [0.2, 0.25) is 0 Å². The SMILES string of the molecule is C=C(C)CC(NCCC)c1cnn2ccncc12. The first-order valence-corrected chi connectivity index (χ1v) is 6.37. The molecular weight excluding hydrogens is 224 g/mol. The van der Waals surface area contributed by atoms with Gasteiger partial charge in [-0.3, -0.25) is 4.98 Å². The maximum absolute atomic E-state index is 4.36. The predicted octanol–water partition coefficient (Wildman–Crippen LogP) is 2.74. The van der Waals surface area contributed by atoms with E-state index in [9.17, 15) is 0 Å². The van der Waals surface area contributed by atoms with E-state index in [1.165, 1.54) is 11.1 Å². The highest BCUT2D eigenvalue weighted by atomic mass is 15.2. The van der Waals surface area contributed by atoms with Crippen molar-refractivity contribution in [3.8, 4) is 0 Å². The Morgan fingerprint density at radius 3 is 3.06 bits per heavy atom. The number of hydrogen-bond acceptors (Lipinski definition) is 3. The van der Waals surface area contributed by atoms with E-state index in [-0.39, 0.29) is 6.04 Å². The highest BCUT2D eigenvalue weighted by Crippen LogP contribution is 2.23. The van der Waals surface area contributed by atoms with Crippen LogP contribution >= 0.6 is 0 Å². The van der Waals surface area contributed by atoms with Crippen LogP contribution < -0.4 is 5.32 Å². The van der Waals surface area contributed by atoms with Gasteiger partial charge in [-0.15, -0.1) is 6.58 Å². The van der Waals surface area contributed by atoms with Crippen LogP contribution in [0.25, 0.3) is 5.52 Å². The summed E-state index contributed by atoms with van der Waals surface area (Å²) < 4.78 is 1.86. The van der Waals surface area contributed by atoms with E-state index < -0.39 is 0 Å². The molecule has 2 aromatic heterocycles. The van der Waals surface area contributed by atoms with Gasteiger partial charge in [-0.05, 0) is 26.3 Å². The monoisotopic (exact) mass is 244 g/mol. The molecule has 0 aliphatic heterocycles. The van der Waals surface area contributed by atoms with Gasteiger partial charge in [0.15, 0.2) is 0 Å². The molecule has 0 aromatic carbocycles. The van der Waals surface area contributed by atoms with Crippen LogP contribution in [0.15, 0.2) is 36.9 Å². The molecule has 0 bridgehead atoms. The maximum atomic E-state index is 4.36. The summed E-state index contributed by atoms with van der Waals surface area (Å²) in [5.41, 5.74) is 3.43. The molecule has 0 aliphatic carbocycles. The first kappa shape index (κ1) is 12.8. The molecule has 96 valence electrons. The zero-order valence-electron chi connectivity index (χ0n) is 11.1. The van der Waals surface area contributed by atoms with Gasteiger partial charge < -0.3 is 5.32 Å². The van der Waals surface area contributed by atoms with Crippen LogP contribution in [0.1, 0.15) is 38.3 Å². The highest BCUT2D eigenvalue weighted by molar-refractivity contribution is 5.53. The van der Waals surface area contributed by atoms with E-state index in [0.29, 0.717) is 0 Å². The summed E-state index contributed by atoms with van der Waals surface area (Å²) in [6.07, 6.45) is 9.45. The van der Waals surface area contributed by atoms with Gasteiger partial charge >= 0.3 is 0 Å². The molecule has 0 saturated heterocycles. The molecule has 1 unspecified atom stereocenters. The molecule has 0 spiro atoms. The third-order valence-electron chi connectivity index (χ3n) is 2.92. The lowest BCUT2D eigenvalue weighted by Crippen LogP contribution is -2.22. The molecule has 4 nitrogen and oxygen atoms in total. The fraction of sp³-hybridized carbons (Fsp3) is 0.429. The average Bonchev–Trinajstić information content (AvgIpc) is 2.78. The normalized spacial score (nSPS) is 12.8. The summed E-state index contributed by atoms with van der Waals surface area (Å²) in [4.78, 5) is 4.18. The Kier molecular flexibility index (Phi) is 4.10. The number of nitrogens with one attached hydrogen (secondary N) is 1. The first-order valence-electron chi connectivity index (χ1n) is 6.37. The number of rotatable bonds is 6. The molecule has 0 radical (unpaired) electrons. The quantitative estimate of drug-likeness (QED) is 0.794. The van der Waals surface area contributed by atoms with Crippen molar-refractivity contribution < 1.29 is 0 Å². The molecule has 1 N–H and O–H groups in total. The Morgan fingerprint density at radius 1 is 1.50 bits per heavy atom. The van der Waals surface area contributed by atoms with Crippen LogP contribution in [-0.2, 0) is 0 Å². The lowest BCUT2D eigenvalue weighted by atomic mass is 10.0. The van der Waals surface area contributed by atoms with Gasteiger partial charge in [0.1, 0.15) is 0 Å². The molecule has 0 fully saturated rings. The standard InChI is InChI=1S/C14H20N4/c1-4-5-16-13(8-11(2)3)12-9-17-18-7-6-15-10-14(12)18/h6-7,9-10,13,16H,2,4-5,8H2,1,3H3. The van der Waals surface area contributed by atoms with Crippen LogP contribution in [0.5, 0.6) is 0 Å². The van der Waals surface area contributed by atoms with E-state index >= 15 is 0 Å². The summed E-state index contributed by atoms with van der Waals surface area (Å²) in [6.45, 7) is 9.23. The van der Waals surface area contributed by atoms with Crippen molar-refractivity contribution in [2.24, 2.45) is 0 Å². The molecule has 0 saturated carbocycles. The topological polar surface area (TPSA) is 42.2 Å². The minimum atomic E-state index is 0.268. The van der Waals surface area contributed by atoms with Gasteiger partial charge in [0.25, 0.3) is 0 Å². The van der Waals surface area contributed by atoms with E-state index in [2.05, 4.69) is 35.8 Å². The smallest absolute Gasteiger partial charge is 0.0892 e. The third-order valence-corrected chi connectivity index (χ3v) is 2.92. The first-order chi connectivity index (χ1) is 8.72. The molecule has 2 heterocycles. The van der Waals surface area contributed by atoms with Crippen LogP contribution in [0, 0.1) is 0 Å². The Morgan fingerprint density at radius 2 is 2.33 bits per heavy atom. The highest BCUT2D eigenvalue weighted by Gasteiger charge is 2.15. The Hall–Kier alpha value is -1.68. The molecule has 1 atom stereocenters. The summed E-state index contributed by atoms with van der Waals surface area (Å²) in [5, 5.41) is 7.92. The maximum Gasteiger partial charge on any atom is 0.0892 e. The van der Waals surface area contributed by atoms with E-state index in [0.717, 1.165) is 24.9 Å². The summed E-state index contributed by atoms with van der Waals surface area (Å²) in [6, 6.07) is 0.268. The van der Waals surface area contributed by atoms with E-state index in [1.807, 2.05) is 23.1 Å². The van der Waals surface area contributed by atoms with Crippen molar-refractivity contribution in [3.63, 3.8) is 0 Å². The summed E-state index contributed by atoms with van der Waals surface area (Å²) >= 11 is 0. The van der Waals surface area contributed by atoms with Gasteiger partial charge in [-0.2, -0.15) is 5.10 Å². The molecule has 18 heavy (non-hydrogen) atoms. The second-order valence-electron chi connectivity index (χ2n) is 4.67. The molecule has 2 rings (SSSR count). The number of hydrogen-bond donors (Lipinski definition) is 1. The van der Waals surface area contributed by atoms with E-state index in [1.54, 1.807) is 6.20 Å². The third kappa shape index (κ3) is 2.76. The molecule has 0 aliphatic rings. The Labute approximate surface area is 108 Å². The number of fused-ring (bicyclic) bond motifs is 1. The molecular formula is C14H20N4. The van der Waals surface area contributed by atoms with Crippen LogP contribution in [0.2, 0.25) is 0 Å². The predicted molar refractivity (Wildman–Crippen MR) is 73.5 cm³/mol. The molecule has 0 amide bonds. The fourth-order valence-corrected chi connectivity index (χ4v) is 2.08. The van der Waals surface area contributed by atoms with Crippen molar-refractivity contribution in [2.45, 2.75) is 32.7 Å². The minimum absolute atomic E-state index is 0.268. The summed E-state index contributed by atoms with van der Waals surface area (Å²) in [5.74, 6) is 0. The Bertz CT molecular complexity index is 529. The lowest BCUT2D eigenvalue weighted by Gasteiger charge is -2.17. The summed E-state index contributed by atoms with van der Waals surface area (Å²) in [7, 11) is 0. The molecule has 2 aromatic rings. The van der Waals surface area contributed by atoms with Crippen molar-refractivity contribution in [2.75, 3.05) is 6.54 Å². The number of nitrogens with zero attached hydrogens (tertiary/aromatic N) is 3. The minimum Gasteiger partial charge on any atom is -0.310 e. The zero-order chi connectivity index (χ0) is 13.0. The second kappa shape index (κ2) is 5.78. The van der Waals surface area contributed by atoms with Gasteiger partial charge in [-0.25, -0.2) is 4.52 Å². The van der Waals surface area contributed by atoms with Crippen LogP contribution in [-0.4, -0.2) is 21.1 Å². The fourth-order valence-electron chi connectivity index (χ4n) is 2.08. The van der Waals surface area contributed by atoms with Crippen LogP contribution in [0.3, 0.4) is 0 Å². The van der Waals surface area contributed by atoms with E-state index in [4.69, 9.17) is 0 Å². The van der Waals surface area contributed by atoms with Gasteiger partial charge in [0, 0.05) is 24.0 Å². The zero-order valence-corrected chi connectivity index (χ0v) is 11.1. The van der Waals surface area contributed by atoms with Crippen LogP contribution in [0.4, 0.5) is 0 Å². The van der Waals surface area contributed by atoms with Crippen molar-refractivity contribution in [1.29, 1.82) is 0 Å². The lowest BCUT2D eigenvalue weighted by molar-refractivity contribution is 0.531. The second-order valence-corrected chi connectivity index (χ2v) is 4.67. The Balaban J connectivity index is 2.31. The van der Waals surface area contributed by atoms with Gasteiger partial charge in [0.05, 0.1) is 17.9 Å².